The molecule has 110 valence electrons. The number of rotatable bonds is 1. The predicted octanol–water partition coefficient (Wildman–Crippen LogP) is 4.45. The Bertz CT molecular complexity index is 750. The van der Waals surface area contributed by atoms with Crippen molar-refractivity contribution in [1.29, 1.82) is 0 Å². The molecular weight excluding hydrogens is 272 g/mol. The zero-order valence-corrected chi connectivity index (χ0v) is 13.0. The number of hydrogen-bond acceptors (Lipinski definition) is 2. The third-order valence-corrected chi connectivity index (χ3v) is 3.99. The number of benzene rings is 2. The Labute approximate surface area is 130 Å². The van der Waals surface area contributed by atoms with Crippen molar-refractivity contribution in [3.8, 4) is 0 Å². The molecule has 2 nitrogen and oxygen atoms in total. The minimum absolute atomic E-state index is 0.0842. The van der Waals surface area contributed by atoms with Crippen LogP contribution in [0.4, 0.5) is 0 Å². The summed E-state index contributed by atoms with van der Waals surface area (Å²) in [7, 11) is 0. The van der Waals surface area contributed by atoms with Crippen molar-refractivity contribution < 1.29 is 9.59 Å². The Morgan fingerprint density at radius 2 is 1.27 bits per heavy atom. The van der Waals surface area contributed by atoms with Crippen molar-refractivity contribution in [3.05, 3.63) is 76.4 Å². The average molecular weight is 290 g/mol. The van der Waals surface area contributed by atoms with E-state index < -0.39 is 0 Å². The number of ketones is 2. The topological polar surface area (TPSA) is 34.1 Å². The minimum atomic E-state index is -0.180. The van der Waals surface area contributed by atoms with E-state index in [2.05, 4.69) is 20.8 Å². The van der Waals surface area contributed by atoms with Gasteiger partial charge >= 0.3 is 0 Å². The molecule has 0 radical (unpaired) electrons. The van der Waals surface area contributed by atoms with Crippen LogP contribution in [-0.4, -0.2) is 11.6 Å². The maximum atomic E-state index is 12.3. The van der Waals surface area contributed by atoms with Crippen molar-refractivity contribution in [1.82, 2.24) is 0 Å². The first-order valence-electron chi connectivity index (χ1n) is 7.38. The number of carbonyl (C=O) groups is 2. The molecule has 0 saturated heterocycles. The lowest BCUT2D eigenvalue weighted by Crippen LogP contribution is -2.10. The first kappa shape index (κ1) is 14.5. The van der Waals surface area contributed by atoms with Gasteiger partial charge in [0, 0.05) is 11.1 Å². The maximum absolute atomic E-state index is 12.3. The van der Waals surface area contributed by atoms with E-state index in [1.54, 1.807) is 30.3 Å². The Morgan fingerprint density at radius 1 is 0.773 bits per heavy atom. The van der Waals surface area contributed by atoms with Crippen molar-refractivity contribution in [2.45, 2.75) is 26.2 Å². The molecule has 2 aromatic carbocycles. The maximum Gasteiger partial charge on any atom is 0.197 e. The Hall–Kier alpha value is -2.48. The molecule has 2 heteroatoms. The molecule has 1 aliphatic carbocycles. The second-order valence-corrected chi connectivity index (χ2v) is 6.63. The zero-order chi connectivity index (χ0) is 15.9. The predicted molar refractivity (Wildman–Crippen MR) is 88.2 cm³/mol. The summed E-state index contributed by atoms with van der Waals surface area (Å²) < 4.78 is 0. The smallest absolute Gasteiger partial charge is 0.197 e. The van der Waals surface area contributed by atoms with Gasteiger partial charge in [0.1, 0.15) is 0 Å². The molecule has 0 amide bonds. The van der Waals surface area contributed by atoms with E-state index in [-0.39, 0.29) is 22.6 Å². The quantitative estimate of drug-likeness (QED) is 0.574. The fraction of sp³-hybridized carbons (Fsp3) is 0.200. The van der Waals surface area contributed by atoms with Gasteiger partial charge in [-0.1, -0.05) is 69.3 Å². The van der Waals surface area contributed by atoms with E-state index in [4.69, 9.17) is 0 Å². The van der Waals surface area contributed by atoms with Gasteiger partial charge in [-0.25, -0.2) is 0 Å². The van der Waals surface area contributed by atoms with Gasteiger partial charge in [-0.05, 0) is 22.6 Å². The molecule has 0 aliphatic heterocycles. The lowest BCUT2D eigenvalue weighted by molar-refractivity contribution is 0.0990. The van der Waals surface area contributed by atoms with Crippen molar-refractivity contribution >= 4 is 17.6 Å². The summed E-state index contributed by atoms with van der Waals surface area (Å²) >= 11 is 0. The number of Topliss-reactive ketones (excluding diaryl/α,β-unsaturated/α-hetero) is 2. The molecule has 0 heterocycles. The van der Waals surface area contributed by atoms with Crippen LogP contribution < -0.4 is 0 Å². The average Bonchev–Trinajstić information content (AvgIpc) is 2.73. The van der Waals surface area contributed by atoms with Crippen LogP contribution in [0.5, 0.6) is 0 Å². The summed E-state index contributed by atoms with van der Waals surface area (Å²) in [4.78, 5) is 24.7. The van der Waals surface area contributed by atoms with E-state index >= 15 is 0 Å². The molecule has 0 aromatic heterocycles. The molecule has 0 bridgehead atoms. The molecule has 22 heavy (non-hydrogen) atoms. The van der Waals surface area contributed by atoms with Gasteiger partial charge in [0.25, 0.3) is 0 Å². The highest BCUT2D eigenvalue weighted by Crippen LogP contribution is 2.28. The van der Waals surface area contributed by atoms with E-state index in [0.717, 1.165) is 5.56 Å². The van der Waals surface area contributed by atoms with Crippen LogP contribution in [0.1, 0.15) is 52.6 Å². The molecule has 0 saturated carbocycles. The van der Waals surface area contributed by atoms with Gasteiger partial charge < -0.3 is 0 Å². The second kappa shape index (κ2) is 5.06. The van der Waals surface area contributed by atoms with Gasteiger partial charge in [0.2, 0.25) is 0 Å². The molecule has 3 rings (SSSR count). The van der Waals surface area contributed by atoms with Gasteiger partial charge in [0.05, 0.1) is 5.57 Å². The first-order valence-corrected chi connectivity index (χ1v) is 7.38. The van der Waals surface area contributed by atoms with E-state index in [1.165, 1.54) is 5.56 Å². The zero-order valence-electron chi connectivity index (χ0n) is 13.0. The van der Waals surface area contributed by atoms with Gasteiger partial charge in [-0.3, -0.25) is 9.59 Å². The molecule has 0 spiro atoms. The molecule has 2 aromatic rings. The van der Waals surface area contributed by atoms with Crippen LogP contribution >= 0.6 is 0 Å². The van der Waals surface area contributed by atoms with E-state index in [9.17, 15) is 9.59 Å². The van der Waals surface area contributed by atoms with Crippen molar-refractivity contribution in [2.24, 2.45) is 0 Å². The van der Waals surface area contributed by atoms with Crippen LogP contribution in [0.3, 0.4) is 0 Å². The summed E-state index contributed by atoms with van der Waals surface area (Å²) in [6.07, 6.45) is 1.69. The largest absolute Gasteiger partial charge is 0.288 e. The Balaban J connectivity index is 1.97. The monoisotopic (exact) mass is 290 g/mol. The molecule has 0 unspecified atom stereocenters. The lowest BCUT2D eigenvalue weighted by atomic mass is 9.86. The lowest BCUT2D eigenvalue weighted by Gasteiger charge is -2.18. The second-order valence-electron chi connectivity index (χ2n) is 6.63. The molecule has 0 N–H and O–H groups in total. The molecule has 0 atom stereocenters. The Kier molecular flexibility index (Phi) is 3.32. The third kappa shape index (κ3) is 2.41. The minimum Gasteiger partial charge on any atom is -0.288 e. The number of allylic oxidation sites excluding steroid dienone is 1. The summed E-state index contributed by atoms with van der Waals surface area (Å²) in [5, 5.41) is 0. The van der Waals surface area contributed by atoms with Crippen LogP contribution in [-0.2, 0) is 5.41 Å². The van der Waals surface area contributed by atoms with Gasteiger partial charge in [0.15, 0.2) is 11.6 Å². The van der Waals surface area contributed by atoms with Crippen molar-refractivity contribution in [3.63, 3.8) is 0 Å². The van der Waals surface area contributed by atoms with Crippen LogP contribution in [0.2, 0.25) is 0 Å². The molecule has 1 aliphatic rings. The fourth-order valence-electron chi connectivity index (χ4n) is 2.65. The van der Waals surface area contributed by atoms with E-state index in [1.807, 2.05) is 24.3 Å². The van der Waals surface area contributed by atoms with Crippen LogP contribution in [0, 0.1) is 0 Å². The highest BCUT2D eigenvalue weighted by Gasteiger charge is 2.32. The summed E-state index contributed by atoms with van der Waals surface area (Å²) in [6.45, 7) is 6.46. The highest BCUT2D eigenvalue weighted by molar-refractivity contribution is 6.41. The summed E-state index contributed by atoms with van der Waals surface area (Å²) in [5.41, 5.74) is 3.44. The highest BCUT2D eigenvalue weighted by atomic mass is 16.2. The SMILES string of the molecule is CC(C)(C)c1ccc(C=C2C(=O)c3ccccc3C2=O)cc1. The normalized spacial score (nSPS) is 14.2. The van der Waals surface area contributed by atoms with Gasteiger partial charge in [-0.2, -0.15) is 0 Å². The fourth-order valence-corrected chi connectivity index (χ4v) is 2.65. The molecular formula is C20H18O2. The van der Waals surface area contributed by atoms with Crippen molar-refractivity contribution in [2.75, 3.05) is 0 Å². The third-order valence-electron chi connectivity index (χ3n) is 3.99. The summed E-state index contributed by atoms with van der Waals surface area (Å²) in [6, 6.07) is 15.0. The number of hydrogen-bond donors (Lipinski definition) is 0. The van der Waals surface area contributed by atoms with E-state index in [0.29, 0.717) is 11.1 Å². The number of carbonyl (C=O) groups excluding carboxylic acids is 2. The summed E-state index contributed by atoms with van der Waals surface area (Å²) in [5.74, 6) is -0.360. The van der Waals surface area contributed by atoms with Gasteiger partial charge in [-0.15, -0.1) is 0 Å². The standard InChI is InChI=1S/C20H18O2/c1-20(2,3)14-10-8-13(9-11-14)12-17-18(21)15-6-4-5-7-16(15)19(17)22/h4-12H,1-3H3. The Morgan fingerprint density at radius 3 is 1.73 bits per heavy atom. The van der Waals surface area contributed by atoms with Crippen LogP contribution in [0.25, 0.3) is 6.08 Å². The van der Waals surface area contributed by atoms with Crippen LogP contribution in [0.15, 0.2) is 54.1 Å². The number of fused-ring (bicyclic) bond motifs is 1. The first-order chi connectivity index (χ1) is 10.4. The molecule has 0 fully saturated rings.